The first-order valence-corrected chi connectivity index (χ1v) is 6.17. The number of carboxylic acid groups (broad SMARTS) is 1. The van der Waals surface area contributed by atoms with Gasteiger partial charge < -0.3 is 10.4 Å². The molecular formula is C13H15N3O4. The number of nitro benzene ring substituents is 1. The maximum Gasteiger partial charge on any atom is 0.326 e. The number of carboxylic acids is 1. The number of hydrogen-bond acceptors (Lipinski definition) is 5. The molecule has 1 atom stereocenters. The van der Waals surface area contributed by atoms with E-state index in [0.29, 0.717) is 12.1 Å². The molecule has 1 aromatic carbocycles. The predicted octanol–water partition coefficient (Wildman–Crippen LogP) is 2.52. The molecule has 20 heavy (non-hydrogen) atoms. The lowest BCUT2D eigenvalue weighted by molar-refractivity contribution is -0.385. The third kappa shape index (κ3) is 3.95. The second-order valence-corrected chi connectivity index (χ2v) is 4.28. The highest BCUT2D eigenvalue weighted by Crippen LogP contribution is 2.22. The van der Waals surface area contributed by atoms with Crippen LogP contribution >= 0.6 is 0 Å². The Kier molecular flexibility index (Phi) is 5.47. The minimum absolute atomic E-state index is 0.0976. The molecule has 0 aromatic heterocycles. The molecule has 0 saturated carbocycles. The van der Waals surface area contributed by atoms with E-state index < -0.39 is 16.9 Å². The van der Waals surface area contributed by atoms with Crippen LogP contribution in [0.2, 0.25) is 0 Å². The van der Waals surface area contributed by atoms with Gasteiger partial charge in [0.05, 0.1) is 4.92 Å². The van der Waals surface area contributed by atoms with Gasteiger partial charge in [0.15, 0.2) is 0 Å². The fraction of sp³-hybridized carbons (Fsp3) is 0.385. The van der Waals surface area contributed by atoms with Crippen LogP contribution in [0.3, 0.4) is 0 Å². The van der Waals surface area contributed by atoms with Crippen LogP contribution in [0.15, 0.2) is 18.2 Å². The van der Waals surface area contributed by atoms with Crippen molar-refractivity contribution in [2.45, 2.75) is 32.2 Å². The van der Waals surface area contributed by atoms with E-state index in [1.165, 1.54) is 18.2 Å². The van der Waals surface area contributed by atoms with Crippen LogP contribution < -0.4 is 5.32 Å². The molecule has 7 heteroatoms. The second kappa shape index (κ2) is 7.09. The Bertz CT molecular complexity index is 551. The summed E-state index contributed by atoms with van der Waals surface area (Å²) in [7, 11) is 0. The number of rotatable bonds is 7. The van der Waals surface area contributed by atoms with Crippen LogP contribution in [0.4, 0.5) is 11.4 Å². The molecular weight excluding hydrogens is 262 g/mol. The number of nitriles is 1. The highest BCUT2D eigenvalue weighted by Gasteiger charge is 2.19. The van der Waals surface area contributed by atoms with Crippen molar-refractivity contribution in [3.63, 3.8) is 0 Å². The van der Waals surface area contributed by atoms with Crippen molar-refractivity contribution in [1.29, 1.82) is 5.26 Å². The van der Waals surface area contributed by atoms with Crippen molar-refractivity contribution in [1.82, 2.24) is 0 Å². The molecule has 0 aliphatic rings. The van der Waals surface area contributed by atoms with Crippen LogP contribution in [-0.2, 0) is 4.79 Å². The van der Waals surface area contributed by atoms with Gasteiger partial charge in [-0.1, -0.05) is 19.8 Å². The second-order valence-electron chi connectivity index (χ2n) is 4.28. The van der Waals surface area contributed by atoms with Crippen molar-refractivity contribution < 1.29 is 14.8 Å². The number of unbranched alkanes of at least 4 members (excludes halogenated alkanes) is 1. The van der Waals surface area contributed by atoms with E-state index in [9.17, 15) is 14.9 Å². The highest BCUT2D eigenvalue weighted by molar-refractivity contribution is 5.77. The van der Waals surface area contributed by atoms with E-state index in [1.54, 1.807) is 6.07 Å². The van der Waals surface area contributed by atoms with Crippen LogP contribution in [0.5, 0.6) is 0 Å². The largest absolute Gasteiger partial charge is 0.480 e. The van der Waals surface area contributed by atoms with E-state index in [1.807, 2.05) is 6.92 Å². The Balaban J connectivity index is 2.94. The summed E-state index contributed by atoms with van der Waals surface area (Å²) in [6.45, 7) is 1.96. The Hall–Kier alpha value is -2.62. The Labute approximate surface area is 116 Å². The fourth-order valence-corrected chi connectivity index (χ4v) is 1.74. The van der Waals surface area contributed by atoms with E-state index in [0.717, 1.165) is 12.8 Å². The topological polar surface area (TPSA) is 116 Å². The summed E-state index contributed by atoms with van der Waals surface area (Å²) in [5, 5.41) is 31.5. The zero-order chi connectivity index (χ0) is 15.1. The lowest BCUT2D eigenvalue weighted by atomic mass is 10.1. The summed E-state index contributed by atoms with van der Waals surface area (Å²) in [5.41, 5.74) is -0.00577. The maximum atomic E-state index is 11.1. The molecule has 106 valence electrons. The molecule has 0 saturated heterocycles. The van der Waals surface area contributed by atoms with Gasteiger partial charge in [0.2, 0.25) is 0 Å². The summed E-state index contributed by atoms with van der Waals surface area (Å²) in [5.74, 6) is -0.990. The molecule has 0 unspecified atom stereocenters. The zero-order valence-electron chi connectivity index (χ0n) is 11.0. The van der Waals surface area contributed by atoms with Crippen LogP contribution in [0, 0.1) is 21.4 Å². The molecule has 0 spiro atoms. The molecule has 0 bridgehead atoms. The molecule has 7 nitrogen and oxygen atoms in total. The third-order valence-electron chi connectivity index (χ3n) is 2.80. The minimum Gasteiger partial charge on any atom is -0.480 e. The first kappa shape index (κ1) is 15.4. The molecule has 1 rings (SSSR count). The van der Waals surface area contributed by atoms with Gasteiger partial charge in [0.25, 0.3) is 5.69 Å². The Morgan fingerprint density at radius 1 is 1.60 bits per heavy atom. The van der Waals surface area contributed by atoms with E-state index in [-0.39, 0.29) is 11.3 Å². The van der Waals surface area contributed by atoms with Crippen LogP contribution in [-0.4, -0.2) is 22.0 Å². The number of nitro groups is 1. The average Bonchev–Trinajstić information content (AvgIpc) is 2.42. The van der Waals surface area contributed by atoms with E-state index >= 15 is 0 Å². The normalized spacial score (nSPS) is 11.4. The Morgan fingerprint density at radius 2 is 2.30 bits per heavy atom. The van der Waals surface area contributed by atoms with Crippen molar-refractivity contribution in [3.8, 4) is 6.07 Å². The molecule has 0 radical (unpaired) electrons. The summed E-state index contributed by atoms with van der Waals surface area (Å²) < 4.78 is 0. The summed E-state index contributed by atoms with van der Waals surface area (Å²) in [4.78, 5) is 21.2. The van der Waals surface area contributed by atoms with Gasteiger partial charge in [-0.25, -0.2) is 4.79 Å². The average molecular weight is 277 g/mol. The number of benzene rings is 1. The van der Waals surface area contributed by atoms with Crippen molar-refractivity contribution in [3.05, 3.63) is 33.9 Å². The number of carbonyl (C=O) groups is 1. The van der Waals surface area contributed by atoms with Gasteiger partial charge in [-0.05, 0) is 18.6 Å². The molecule has 0 fully saturated rings. The number of nitrogens with zero attached hydrogens (tertiary/aromatic N) is 2. The summed E-state index contributed by atoms with van der Waals surface area (Å²) >= 11 is 0. The third-order valence-corrected chi connectivity index (χ3v) is 2.80. The first-order chi connectivity index (χ1) is 9.49. The zero-order valence-corrected chi connectivity index (χ0v) is 11.0. The van der Waals surface area contributed by atoms with E-state index in [2.05, 4.69) is 5.32 Å². The molecule has 1 aromatic rings. The van der Waals surface area contributed by atoms with Gasteiger partial charge in [0.1, 0.15) is 17.7 Å². The fourth-order valence-electron chi connectivity index (χ4n) is 1.74. The lowest BCUT2D eigenvalue weighted by Gasteiger charge is -2.15. The van der Waals surface area contributed by atoms with Crippen LogP contribution in [0.25, 0.3) is 0 Å². The van der Waals surface area contributed by atoms with Gasteiger partial charge in [-0.3, -0.25) is 10.1 Å². The molecule has 0 amide bonds. The quantitative estimate of drug-likeness (QED) is 0.584. The van der Waals surface area contributed by atoms with E-state index in [4.69, 9.17) is 10.4 Å². The molecule has 0 aliphatic carbocycles. The number of hydrogen-bond donors (Lipinski definition) is 2. The predicted molar refractivity (Wildman–Crippen MR) is 72.4 cm³/mol. The number of nitrogens with one attached hydrogen (secondary N) is 1. The van der Waals surface area contributed by atoms with Crippen LogP contribution in [0.1, 0.15) is 31.7 Å². The number of anilines is 1. The first-order valence-electron chi connectivity index (χ1n) is 6.17. The number of aliphatic carboxylic acids is 1. The molecule has 2 N–H and O–H groups in total. The van der Waals surface area contributed by atoms with Gasteiger partial charge in [-0.15, -0.1) is 0 Å². The Morgan fingerprint density at radius 3 is 2.80 bits per heavy atom. The van der Waals surface area contributed by atoms with Crippen molar-refractivity contribution in [2.24, 2.45) is 0 Å². The van der Waals surface area contributed by atoms with Gasteiger partial charge >= 0.3 is 5.97 Å². The van der Waals surface area contributed by atoms with Crippen molar-refractivity contribution in [2.75, 3.05) is 5.32 Å². The smallest absolute Gasteiger partial charge is 0.326 e. The summed E-state index contributed by atoms with van der Waals surface area (Å²) in [6.07, 6.45) is 2.07. The monoisotopic (exact) mass is 277 g/mol. The highest BCUT2D eigenvalue weighted by atomic mass is 16.6. The molecule has 0 aliphatic heterocycles. The van der Waals surface area contributed by atoms with Gasteiger partial charge in [-0.2, -0.15) is 5.26 Å². The molecule has 0 heterocycles. The summed E-state index contributed by atoms with van der Waals surface area (Å²) in [6, 6.07) is 4.85. The SMILES string of the molecule is CCCC[C@H](Nc1ccc([N+](=O)[O-])c(C#N)c1)C(=O)O. The standard InChI is InChI=1S/C13H15N3O4/c1-2-3-4-11(13(17)18)15-10-5-6-12(16(19)20)9(7-10)8-14/h5-7,11,15H,2-4H2,1H3,(H,17,18)/t11-/m0/s1. The van der Waals surface area contributed by atoms with Gasteiger partial charge in [0, 0.05) is 11.8 Å². The maximum absolute atomic E-state index is 11.1. The minimum atomic E-state index is -0.990. The lowest BCUT2D eigenvalue weighted by Crippen LogP contribution is -2.29. The van der Waals surface area contributed by atoms with Crippen molar-refractivity contribution >= 4 is 17.3 Å².